The molecule has 1 aliphatic rings. The van der Waals surface area contributed by atoms with Crippen molar-refractivity contribution in [2.75, 3.05) is 14.2 Å². The van der Waals surface area contributed by atoms with Crippen LogP contribution in [0.1, 0.15) is 35.7 Å². The maximum atomic E-state index is 14.1. The van der Waals surface area contributed by atoms with Gasteiger partial charge >= 0.3 is 6.18 Å². The van der Waals surface area contributed by atoms with Crippen LogP contribution in [0.4, 0.5) is 13.2 Å². The van der Waals surface area contributed by atoms with Crippen LogP contribution >= 0.6 is 0 Å². The summed E-state index contributed by atoms with van der Waals surface area (Å²) in [5.41, 5.74) is 2.46. The molecule has 0 aliphatic heterocycles. The lowest BCUT2D eigenvalue weighted by Gasteiger charge is -2.15. The van der Waals surface area contributed by atoms with E-state index >= 15 is 0 Å². The molecule has 234 valence electrons. The first-order valence-corrected chi connectivity index (χ1v) is 14.2. The zero-order valence-corrected chi connectivity index (χ0v) is 24.9. The third-order valence-electron chi connectivity index (χ3n) is 7.76. The summed E-state index contributed by atoms with van der Waals surface area (Å²) in [6.07, 6.45) is 3.81. The van der Waals surface area contributed by atoms with Gasteiger partial charge in [-0.2, -0.15) is 23.4 Å². The first-order valence-electron chi connectivity index (χ1n) is 14.2. The van der Waals surface area contributed by atoms with Gasteiger partial charge in [-0.05, 0) is 36.6 Å². The number of ether oxygens (including phenoxy) is 2. The van der Waals surface area contributed by atoms with Crippen molar-refractivity contribution in [2.24, 2.45) is 7.05 Å². The maximum Gasteiger partial charge on any atom is 0.435 e. The van der Waals surface area contributed by atoms with Gasteiger partial charge in [-0.25, -0.2) is 24.6 Å². The second-order valence-electron chi connectivity index (χ2n) is 10.9. The number of aromatic nitrogens is 9. The van der Waals surface area contributed by atoms with Gasteiger partial charge in [0.2, 0.25) is 11.8 Å². The number of fused-ring (bicyclic) bond motifs is 1. The number of nitrogens with zero attached hydrogens (tertiary/aromatic N) is 9. The van der Waals surface area contributed by atoms with E-state index in [4.69, 9.17) is 14.5 Å². The van der Waals surface area contributed by atoms with Crippen LogP contribution in [0.3, 0.4) is 0 Å². The Hall–Kier alpha value is -5.60. The van der Waals surface area contributed by atoms with E-state index in [9.17, 15) is 18.0 Å². The number of benzene rings is 1. The van der Waals surface area contributed by atoms with Gasteiger partial charge < -0.3 is 9.47 Å². The number of hydrogen-bond donors (Lipinski definition) is 0. The molecule has 0 unspecified atom stereocenters. The number of rotatable bonds is 8. The summed E-state index contributed by atoms with van der Waals surface area (Å²) < 4.78 is 54.8. The molecule has 46 heavy (non-hydrogen) atoms. The first-order chi connectivity index (χ1) is 22.1. The summed E-state index contributed by atoms with van der Waals surface area (Å²) in [7, 11) is 4.56. The quantitative estimate of drug-likeness (QED) is 0.233. The summed E-state index contributed by atoms with van der Waals surface area (Å²) in [6, 6.07) is 9.21. The molecule has 1 aliphatic carbocycles. The topological polar surface area (TPSA) is 128 Å². The molecule has 6 aromatic rings. The van der Waals surface area contributed by atoms with Gasteiger partial charge in [-0.15, -0.1) is 0 Å². The minimum absolute atomic E-state index is 0.0680. The van der Waals surface area contributed by atoms with Crippen LogP contribution in [0.25, 0.3) is 39.2 Å². The molecule has 0 saturated heterocycles. The SMILES string of the molecule is COc1ncnc(C2CC2)c1-c1ncc2cc(-c3cnn(C)c3)c(=O)n(Cc3ccc(-n4nc(C(F)(F)F)cc4OC)cc3)c2n1. The summed E-state index contributed by atoms with van der Waals surface area (Å²) in [5, 5.41) is 8.52. The number of methoxy groups -OCH3 is 2. The van der Waals surface area contributed by atoms with E-state index in [1.54, 1.807) is 65.2 Å². The Balaban J connectivity index is 1.35. The number of alkyl halides is 3. The molecule has 7 rings (SSSR count). The molecule has 1 fully saturated rings. The number of pyridine rings is 1. The van der Waals surface area contributed by atoms with Crippen LogP contribution in [0.5, 0.6) is 11.8 Å². The predicted molar refractivity (Wildman–Crippen MR) is 160 cm³/mol. The highest BCUT2D eigenvalue weighted by Gasteiger charge is 2.35. The Bertz CT molecular complexity index is 2150. The zero-order chi connectivity index (χ0) is 32.2. The monoisotopic (exact) mass is 629 g/mol. The van der Waals surface area contributed by atoms with Crippen LogP contribution in [-0.2, 0) is 19.8 Å². The standard InChI is InChI=1S/C31H26F3N9O3/c1-41-15-20(13-38-41)22-10-19-12-35-27(25-26(18-6-7-18)36-16-37-29(25)46-3)39-28(19)42(30(22)44)14-17-4-8-21(9-5-17)43-24(45-2)11-23(40-43)31(32,33)34/h4-5,8-13,15-16,18H,6-7,14H2,1-3H3. The normalized spacial score (nSPS) is 13.3. The maximum absolute atomic E-state index is 14.1. The largest absolute Gasteiger partial charge is 0.481 e. The average molecular weight is 630 g/mol. The molecule has 5 heterocycles. The Morgan fingerprint density at radius 1 is 1.00 bits per heavy atom. The molecule has 0 atom stereocenters. The molecule has 0 bridgehead atoms. The van der Waals surface area contributed by atoms with Crippen molar-refractivity contribution in [1.82, 2.24) is 44.1 Å². The molecule has 12 nitrogen and oxygen atoms in total. The fourth-order valence-electron chi connectivity index (χ4n) is 5.36. The highest BCUT2D eigenvalue weighted by atomic mass is 19.4. The van der Waals surface area contributed by atoms with Gasteiger partial charge in [-0.1, -0.05) is 12.1 Å². The smallest absolute Gasteiger partial charge is 0.435 e. The fraction of sp³-hybridized carbons (Fsp3) is 0.258. The number of aryl methyl sites for hydroxylation is 1. The van der Waals surface area contributed by atoms with Gasteiger partial charge in [0.05, 0.1) is 43.9 Å². The van der Waals surface area contributed by atoms with Crippen molar-refractivity contribution in [1.29, 1.82) is 0 Å². The van der Waals surface area contributed by atoms with E-state index in [2.05, 4.69) is 25.1 Å². The van der Waals surface area contributed by atoms with Crippen molar-refractivity contribution < 1.29 is 22.6 Å². The molecule has 0 amide bonds. The molecule has 1 saturated carbocycles. The highest BCUT2D eigenvalue weighted by Crippen LogP contribution is 2.45. The lowest BCUT2D eigenvalue weighted by atomic mass is 10.1. The average Bonchev–Trinajstić information content (AvgIpc) is 3.65. The van der Waals surface area contributed by atoms with Gasteiger partial charge in [0, 0.05) is 42.4 Å². The molecular formula is C31H26F3N9O3. The lowest BCUT2D eigenvalue weighted by molar-refractivity contribution is -0.141. The summed E-state index contributed by atoms with van der Waals surface area (Å²) in [6.45, 7) is 0.0993. The zero-order valence-electron chi connectivity index (χ0n) is 24.9. The van der Waals surface area contributed by atoms with Crippen molar-refractivity contribution in [3.05, 3.63) is 88.6 Å². The van der Waals surface area contributed by atoms with E-state index in [1.165, 1.54) is 20.5 Å². The summed E-state index contributed by atoms with van der Waals surface area (Å²) in [4.78, 5) is 32.4. The Morgan fingerprint density at radius 2 is 1.78 bits per heavy atom. The fourth-order valence-corrected chi connectivity index (χ4v) is 5.36. The van der Waals surface area contributed by atoms with Crippen LogP contribution in [0.2, 0.25) is 0 Å². The second-order valence-corrected chi connectivity index (χ2v) is 10.9. The van der Waals surface area contributed by atoms with E-state index in [0.29, 0.717) is 50.7 Å². The third kappa shape index (κ3) is 5.22. The van der Waals surface area contributed by atoms with Gasteiger partial charge in [0.25, 0.3) is 5.56 Å². The predicted octanol–water partition coefficient (Wildman–Crippen LogP) is 4.80. The van der Waals surface area contributed by atoms with Crippen LogP contribution in [-0.4, -0.2) is 58.3 Å². The summed E-state index contributed by atoms with van der Waals surface area (Å²) >= 11 is 0. The molecule has 0 N–H and O–H groups in total. The van der Waals surface area contributed by atoms with E-state index in [0.717, 1.165) is 29.3 Å². The molecule has 15 heteroatoms. The minimum Gasteiger partial charge on any atom is -0.481 e. The summed E-state index contributed by atoms with van der Waals surface area (Å²) in [5.74, 6) is 0.855. The van der Waals surface area contributed by atoms with Gasteiger partial charge in [-0.3, -0.25) is 14.0 Å². The molecule has 5 aromatic heterocycles. The van der Waals surface area contributed by atoms with Gasteiger partial charge in [0.1, 0.15) is 17.5 Å². The Kier molecular flexibility index (Phi) is 7.02. The van der Waals surface area contributed by atoms with E-state index < -0.39 is 11.9 Å². The second kappa shape index (κ2) is 11.1. The highest BCUT2D eigenvalue weighted by molar-refractivity contribution is 5.82. The number of halogens is 3. The molecule has 0 spiro atoms. The molecular weight excluding hydrogens is 603 g/mol. The van der Waals surface area contributed by atoms with Crippen molar-refractivity contribution in [3.63, 3.8) is 0 Å². The van der Waals surface area contributed by atoms with Crippen molar-refractivity contribution in [3.8, 4) is 40.0 Å². The first kappa shape index (κ1) is 29.1. The minimum atomic E-state index is -4.63. The van der Waals surface area contributed by atoms with Crippen LogP contribution < -0.4 is 15.0 Å². The third-order valence-corrected chi connectivity index (χ3v) is 7.76. The van der Waals surface area contributed by atoms with Crippen LogP contribution in [0.15, 0.2) is 66.1 Å². The van der Waals surface area contributed by atoms with Crippen molar-refractivity contribution >= 4 is 11.0 Å². The van der Waals surface area contributed by atoms with Crippen LogP contribution in [0, 0.1) is 0 Å². The van der Waals surface area contributed by atoms with Crippen molar-refractivity contribution in [2.45, 2.75) is 31.5 Å². The van der Waals surface area contributed by atoms with Gasteiger partial charge in [0.15, 0.2) is 11.5 Å². The Morgan fingerprint density at radius 3 is 2.43 bits per heavy atom. The molecule has 1 aromatic carbocycles. The van der Waals surface area contributed by atoms with E-state index in [1.807, 2.05) is 0 Å². The molecule has 0 radical (unpaired) electrons. The van der Waals surface area contributed by atoms with E-state index in [-0.39, 0.29) is 23.9 Å². The number of hydrogen-bond acceptors (Lipinski definition) is 9. The Labute approximate surface area is 259 Å². The lowest BCUT2D eigenvalue weighted by Crippen LogP contribution is -2.24.